The van der Waals surface area contributed by atoms with Crippen LogP contribution < -0.4 is 5.73 Å². The van der Waals surface area contributed by atoms with Gasteiger partial charge in [0.1, 0.15) is 90.5 Å². The molecule has 0 spiro atoms. The summed E-state index contributed by atoms with van der Waals surface area (Å²) < 4.78 is 81.7. The molecule has 7 aliphatic rings. The lowest BCUT2D eigenvalue weighted by Gasteiger charge is -2.43. The van der Waals surface area contributed by atoms with Crippen molar-refractivity contribution in [3.8, 4) is 55.6 Å². The molecule has 5 amide bonds. The predicted molar refractivity (Wildman–Crippen MR) is 521 cm³/mol. The number of ether oxygens (including phenoxy) is 1. The molecule has 4 N–H and O–H groups in total. The molecule has 7 aliphatic heterocycles. The third-order valence-corrected chi connectivity index (χ3v) is 27.4. The van der Waals surface area contributed by atoms with Crippen molar-refractivity contribution in [1.82, 2.24) is 106 Å². The predicted octanol–water partition coefficient (Wildman–Crippen LogP) is 14.1. The monoisotopic (exact) mass is 1930 g/mol. The van der Waals surface area contributed by atoms with Gasteiger partial charge in [0.15, 0.2) is 51.5 Å². The van der Waals surface area contributed by atoms with Gasteiger partial charge in [-0.2, -0.15) is 4.98 Å². The van der Waals surface area contributed by atoms with E-state index in [9.17, 15) is 47.4 Å². The minimum absolute atomic E-state index is 0.0109. The molecule has 724 valence electrons. The van der Waals surface area contributed by atoms with Crippen LogP contribution in [0.5, 0.6) is 0 Å². The highest BCUT2D eigenvalue weighted by Gasteiger charge is 2.44. The number of hydrogen-bond acceptors (Lipinski definition) is 26. The number of aliphatic hydroxyl groups is 2. The zero-order chi connectivity index (χ0) is 98.1. The largest absolute Gasteiger partial charge is 0.441 e. The first-order valence-electron chi connectivity index (χ1n) is 47.1. The number of aryl methyl sites for hydroxylation is 4. The third-order valence-electron chi connectivity index (χ3n) is 27.4. The molecule has 0 saturated carbocycles. The maximum atomic E-state index is 13.5. The third kappa shape index (κ3) is 17.7. The van der Waals surface area contributed by atoms with E-state index in [0.29, 0.717) is 139 Å². The Bertz CT molecular complexity index is 8210. The first-order valence-corrected chi connectivity index (χ1v) is 47.1. The van der Waals surface area contributed by atoms with E-state index < -0.39 is 24.5 Å². The second kappa shape index (κ2) is 36.4. The van der Waals surface area contributed by atoms with Gasteiger partial charge < -0.3 is 67.3 Å². The van der Waals surface area contributed by atoms with Crippen LogP contribution in [0.3, 0.4) is 0 Å². The van der Waals surface area contributed by atoms with Gasteiger partial charge in [0.2, 0.25) is 0 Å². The number of imidazole rings is 5. The molecule has 0 bridgehead atoms. The molecule has 27 rings (SSSR count). The molecule has 5 aromatic carbocycles. The Labute approximate surface area is 810 Å². The Morgan fingerprint density at radius 1 is 0.357 bits per heavy atom. The number of oxazole rings is 5. The summed E-state index contributed by atoms with van der Waals surface area (Å²) in [7, 11) is 1.67. The van der Waals surface area contributed by atoms with Crippen LogP contribution in [0.4, 0.5) is 19.2 Å². The van der Waals surface area contributed by atoms with Gasteiger partial charge in [0.05, 0.1) is 68.9 Å². The van der Waals surface area contributed by atoms with Gasteiger partial charge in [-0.05, 0) is 190 Å². The smallest absolute Gasteiger partial charge is 0.292 e. The summed E-state index contributed by atoms with van der Waals surface area (Å²) in [6, 6.07) is 49.0. The molecule has 143 heavy (non-hydrogen) atoms. The van der Waals surface area contributed by atoms with Crippen LogP contribution in [-0.2, 0) is 4.74 Å². The van der Waals surface area contributed by atoms with Gasteiger partial charge >= 0.3 is 0 Å². The number of halogens is 3. The van der Waals surface area contributed by atoms with E-state index in [4.69, 9.17) is 32.6 Å². The molecule has 7 fully saturated rings. The van der Waals surface area contributed by atoms with Crippen LogP contribution in [0, 0.1) is 27.7 Å². The summed E-state index contributed by atoms with van der Waals surface area (Å²) in [4.78, 5) is 120. The number of β-amino-alcohol motifs (C(OH)–C–C–N with tert-alkyl or cyclic N) is 2. The van der Waals surface area contributed by atoms with Crippen molar-refractivity contribution in [1.29, 1.82) is 0 Å². The number of alkyl halides is 3. The molecule has 0 aliphatic carbocycles. The summed E-state index contributed by atoms with van der Waals surface area (Å²) in [5, 5.41) is 19.5. The van der Waals surface area contributed by atoms with Crippen molar-refractivity contribution in [2.75, 3.05) is 104 Å². The van der Waals surface area contributed by atoms with Crippen LogP contribution in [0.15, 0.2) is 236 Å². The molecule has 20 aromatic rings. The SMILES string of the molecule is COC1CN(C(=O)c2cnc3ccc(-c4ccc5oc(C)nc5c4)cn23)C1.Cc1nc2cc(-c3ccc4ncc(C(=O)N5CC(F)C5)n4c3)ccc2o1.Cc1nc2cc(-c3ccc4ncc(C(=O)N5CC(N6CC[C@@H](O)C6)C5)n4c3)ccc2o1.Cc1nc2cc(-c3ccc4ncc(C(=O)N5CCC(F)(F)C5)n4c3)ccc2o1.Nc1nc2cc(-c3ccc4ncc(C(=O)N5CC(N6CC[C@H](O)C6)C5)n4c3)ccc2o1. The molecule has 15 aromatic heterocycles. The standard InChI is InChI=1S/C23H23N5O3.C22H22N6O3.C20H16F2N4O2.C20H18N4O3.C19H15FN4O2/c1-14-25-19-8-15(2-4-21(19)31-14)16-3-5-22-24-9-20(28(22)10-16)23(30)27-11-17(12-27)26-7-6-18(29)13-26;23-22-25-17-7-13(1-3-19(17)31-22)14-2-4-20-24-8-18(28(20)9-14)21(30)27-10-15(11-27)26-6-5-16(29)12-26;1-12-24-15-8-13(2-4-17(15)28-12)14-3-5-18-23-9-16(26(18)10-14)19(27)25-7-6-20(21,22)11-25;1-12-22-16-7-13(3-5-18(16)27-12)14-4-6-19-21-8-17(24(19)9-14)20(25)23-10-15(11-23)26-2;1-11-22-15-6-12(2-4-17(15)26-11)13-3-5-18-21-7-16(24(18)8-13)19(25)23-9-14(20)10-23/h2-5,8-10,17-18,29H,6-7,11-13H2,1H3;1-4,7-9,15-16,29H,5-6,10-12H2,(H2,23,25);2-5,8-10H,6-7,11H2,1H3;3-9,15H,10-11H2,1-2H3;2-8,14H,9-10H2,1H3/t18-;16-;;;/m10.../s1. The van der Waals surface area contributed by atoms with Crippen molar-refractivity contribution < 1.29 is 74.2 Å². The van der Waals surface area contributed by atoms with Gasteiger partial charge in [0.25, 0.3) is 41.5 Å². The lowest BCUT2D eigenvalue weighted by molar-refractivity contribution is -0.0195. The number of nitrogens with two attached hydrogens (primary N) is 1. The summed E-state index contributed by atoms with van der Waals surface area (Å²) in [6.45, 7) is 14.3. The van der Waals surface area contributed by atoms with E-state index in [1.54, 1.807) is 58.6 Å². The van der Waals surface area contributed by atoms with Gasteiger partial charge in [0, 0.05) is 156 Å². The number of amides is 5. The Morgan fingerprint density at radius 2 is 0.629 bits per heavy atom. The number of anilines is 1. The number of rotatable bonds is 13. The van der Waals surface area contributed by atoms with Crippen LogP contribution in [0.1, 0.15) is 95.3 Å². The molecule has 7 saturated heterocycles. The molecule has 0 radical (unpaired) electrons. The number of nitrogens with zero attached hydrogens (tertiary/aromatic N) is 22. The Kier molecular flexibility index (Phi) is 23.0. The number of carbonyl (C=O) groups is 5. The number of benzene rings is 5. The lowest BCUT2D eigenvalue weighted by Crippen LogP contribution is -2.60. The molecule has 22 heterocycles. The number of hydrogen-bond donors (Lipinski definition) is 3. The Balaban J connectivity index is 0.0000000993. The first kappa shape index (κ1) is 90.5. The van der Waals surface area contributed by atoms with Crippen molar-refractivity contribution in [2.24, 2.45) is 0 Å². The molecule has 36 nitrogen and oxygen atoms in total. The number of carbonyl (C=O) groups excluding carboxylic acids is 5. The van der Waals surface area contributed by atoms with E-state index in [2.05, 4.69) is 59.6 Å². The molecular weight excluding hydrogens is 1840 g/mol. The minimum Gasteiger partial charge on any atom is -0.441 e. The van der Waals surface area contributed by atoms with Gasteiger partial charge in [-0.3, -0.25) is 55.8 Å². The summed E-state index contributed by atoms with van der Waals surface area (Å²) in [6.07, 6.45) is 17.4. The average Bonchev–Trinajstić information content (AvgIpc) is 1.60. The first-order chi connectivity index (χ1) is 69.2. The second-order valence-corrected chi connectivity index (χ2v) is 37.2. The number of methoxy groups -OCH3 is 1. The van der Waals surface area contributed by atoms with Gasteiger partial charge in [-0.25, -0.2) is 58.0 Å². The average molecular weight is 1930 g/mol. The minimum atomic E-state index is -2.83. The Hall–Kier alpha value is -16.4. The quantitative estimate of drug-likeness (QED) is 0.0965. The number of fused-ring (bicyclic) bond motifs is 10. The van der Waals surface area contributed by atoms with E-state index in [1.165, 1.54) is 22.2 Å². The molecule has 39 heteroatoms. The normalized spacial score (nSPS) is 17.4. The van der Waals surface area contributed by atoms with E-state index in [-0.39, 0.29) is 79.7 Å². The maximum absolute atomic E-state index is 13.5. The fourth-order valence-corrected chi connectivity index (χ4v) is 19.5. The fraction of sp³-hybridized carbons (Fsp3) is 0.279. The topological polar surface area (TPSA) is 400 Å². The van der Waals surface area contributed by atoms with Gasteiger partial charge in [-0.1, -0.05) is 30.3 Å². The number of aromatic nitrogens is 15. The second-order valence-electron chi connectivity index (χ2n) is 37.2. The highest BCUT2D eigenvalue weighted by atomic mass is 19.3. The van der Waals surface area contributed by atoms with Crippen LogP contribution >= 0.6 is 0 Å². The van der Waals surface area contributed by atoms with Crippen molar-refractivity contribution in [2.45, 2.75) is 89.4 Å². The zero-order valence-electron chi connectivity index (χ0n) is 78.1. The summed E-state index contributed by atoms with van der Waals surface area (Å²) in [5.41, 5.74) is 28.5. The number of pyridine rings is 5. The number of likely N-dealkylation sites (tertiary alicyclic amines) is 7. The zero-order valence-corrected chi connectivity index (χ0v) is 78.1. The van der Waals surface area contributed by atoms with Crippen molar-refractivity contribution in [3.63, 3.8) is 0 Å². The molecule has 0 unspecified atom stereocenters. The number of nitrogen functional groups attached to an aromatic ring is 1. The highest BCUT2D eigenvalue weighted by molar-refractivity contribution is 5.98. The summed E-state index contributed by atoms with van der Waals surface area (Å²) in [5.74, 6) is -1.05. The molecular formula is C104H94F3N23O13. The lowest BCUT2D eigenvalue weighted by atomic mass is 10.1. The van der Waals surface area contributed by atoms with E-state index in [1.807, 2.05) is 214 Å². The van der Waals surface area contributed by atoms with Gasteiger partial charge in [-0.15, -0.1) is 0 Å². The van der Waals surface area contributed by atoms with Crippen LogP contribution in [-0.4, -0.2) is 287 Å². The van der Waals surface area contributed by atoms with Crippen LogP contribution in [0.25, 0.3) is 139 Å². The van der Waals surface area contributed by atoms with E-state index in [0.717, 1.165) is 137 Å². The Morgan fingerprint density at radius 3 is 0.902 bits per heavy atom. The van der Waals surface area contributed by atoms with E-state index >= 15 is 0 Å². The molecule has 2 atom stereocenters. The van der Waals surface area contributed by atoms with Crippen molar-refractivity contribution in [3.05, 3.63) is 266 Å². The van der Waals surface area contributed by atoms with Crippen LogP contribution in [0.2, 0.25) is 0 Å². The summed E-state index contributed by atoms with van der Waals surface area (Å²) >= 11 is 0. The fourth-order valence-electron chi connectivity index (χ4n) is 19.5. The maximum Gasteiger partial charge on any atom is 0.292 e. The number of aliphatic hydroxyl groups excluding tert-OH is 2. The van der Waals surface area contributed by atoms with Crippen molar-refractivity contribution >= 4 is 119 Å². The highest BCUT2D eigenvalue weighted by Crippen LogP contribution is 2.37.